The standard InChI is InChI=1S/C17H22O3/c1-19-14-5-3-4-13(12-14)16-6-9-17(10-7-16,11-8-16)15(18)20-2/h3-5,12H,6-11H2,1-2H3. The lowest BCUT2D eigenvalue weighted by Crippen LogP contribution is -2.48. The van der Waals surface area contributed by atoms with E-state index in [1.54, 1.807) is 7.11 Å². The van der Waals surface area contributed by atoms with E-state index in [1.807, 2.05) is 6.07 Å². The summed E-state index contributed by atoms with van der Waals surface area (Å²) in [5.41, 5.74) is 1.41. The van der Waals surface area contributed by atoms with Gasteiger partial charge in [-0.3, -0.25) is 4.79 Å². The zero-order chi connectivity index (χ0) is 14.2. The Morgan fingerprint density at radius 1 is 1.05 bits per heavy atom. The summed E-state index contributed by atoms with van der Waals surface area (Å²) in [6.07, 6.45) is 6.10. The molecule has 3 fully saturated rings. The van der Waals surface area contributed by atoms with Crippen molar-refractivity contribution in [1.82, 2.24) is 0 Å². The molecule has 0 N–H and O–H groups in total. The highest BCUT2D eigenvalue weighted by atomic mass is 16.5. The van der Waals surface area contributed by atoms with Crippen LogP contribution in [0.1, 0.15) is 44.1 Å². The molecule has 0 unspecified atom stereocenters. The molecule has 4 rings (SSSR count). The first-order chi connectivity index (χ1) is 9.64. The van der Waals surface area contributed by atoms with Crippen molar-refractivity contribution >= 4 is 5.97 Å². The van der Waals surface area contributed by atoms with Gasteiger partial charge in [-0.05, 0) is 61.6 Å². The number of hydrogen-bond acceptors (Lipinski definition) is 3. The van der Waals surface area contributed by atoms with Gasteiger partial charge in [0.2, 0.25) is 0 Å². The molecule has 3 nitrogen and oxygen atoms in total. The molecule has 0 aromatic heterocycles. The first kappa shape index (κ1) is 13.5. The lowest BCUT2D eigenvalue weighted by molar-refractivity contribution is -0.160. The predicted octanol–water partition coefficient (Wildman–Crippen LogP) is 3.46. The third-order valence-corrected chi connectivity index (χ3v) is 5.55. The molecular weight excluding hydrogens is 252 g/mol. The summed E-state index contributed by atoms with van der Waals surface area (Å²) < 4.78 is 10.4. The van der Waals surface area contributed by atoms with Crippen LogP contribution in [0.3, 0.4) is 0 Å². The van der Waals surface area contributed by atoms with Crippen LogP contribution in [0.4, 0.5) is 0 Å². The van der Waals surface area contributed by atoms with Crippen molar-refractivity contribution in [3.8, 4) is 5.75 Å². The van der Waals surface area contributed by atoms with Crippen LogP contribution in [0, 0.1) is 5.41 Å². The molecule has 0 saturated heterocycles. The van der Waals surface area contributed by atoms with Crippen LogP contribution in [0.2, 0.25) is 0 Å². The minimum absolute atomic E-state index is 0.00329. The second kappa shape index (κ2) is 4.80. The number of carbonyl (C=O) groups is 1. The Labute approximate surface area is 120 Å². The first-order valence-electron chi connectivity index (χ1n) is 7.37. The highest BCUT2D eigenvalue weighted by Crippen LogP contribution is 2.58. The number of methoxy groups -OCH3 is 2. The molecule has 0 spiro atoms. The van der Waals surface area contributed by atoms with Crippen molar-refractivity contribution < 1.29 is 14.3 Å². The normalized spacial score (nSPS) is 31.9. The van der Waals surface area contributed by atoms with Crippen molar-refractivity contribution in [3.63, 3.8) is 0 Å². The fourth-order valence-corrected chi connectivity index (χ4v) is 4.09. The number of carbonyl (C=O) groups excluding carboxylic acids is 1. The van der Waals surface area contributed by atoms with Gasteiger partial charge in [0, 0.05) is 0 Å². The summed E-state index contributed by atoms with van der Waals surface area (Å²) in [6.45, 7) is 0. The van der Waals surface area contributed by atoms with Crippen molar-refractivity contribution in [2.24, 2.45) is 5.41 Å². The largest absolute Gasteiger partial charge is 0.497 e. The van der Waals surface area contributed by atoms with E-state index in [2.05, 4.69) is 18.2 Å². The van der Waals surface area contributed by atoms with E-state index in [4.69, 9.17) is 9.47 Å². The SMILES string of the molecule is COC(=O)C12CCC(c3cccc(OC)c3)(CC1)CC2. The third-order valence-electron chi connectivity index (χ3n) is 5.55. The number of rotatable bonds is 3. The molecule has 108 valence electrons. The topological polar surface area (TPSA) is 35.5 Å². The minimum Gasteiger partial charge on any atom is -0.497 e. The number of ether oxygens (including phenoxy) is 2. The van der Waals surface area contributed by atoms with Gasteiger partial charge < -0.3 is 9.47 Å². The summed E-state index contributed by atoms with van der Waals surface area (Å²) >= 11 is 0. The molecular formula is C17H22O3. The predicted molar refractivity (Wildman–Crippen MR) is 76.8 cm³/mol. The van der Waals surface area contributed by atoms with Crippen molar-refractivity contribution in [2.75, 3.05) is 14.2 Å². The Morgan fingerprint density at radius 2 is 1.70 bits per heavy atom. The molecule has 3 heteroatoms. The maximum atomic E-state index is 12.0. The number of fused-ring (bicyclic) bond motifs is 3. The van der Waals surface area contributed by atoms with Crippen LogP contribution in [0.25, 0.3) is 0 Å². The molecule has 0 heterocycles. The van der Waals surface area contributed by atoms with E-state index >= 15 is 0 Å². The smallest absolute Gasteiger partial charge is 0.311 e. The van der Waals surface area contributed by atoms with Crippen LogP contribution in [-0.4, -0.2) is 20.2 Å². The monoisotopic (exact) mass is 274 g/mol. The Balaban J connectivity index is 1.86. The maximum absolute atomic E-state index is 12.0. The van der Waals surface area contributed by atoms with E-state index in [-0.39, 0.29) is 16.8 Å². The molecule has 1 aromatic rings. The second-order valence-corrected chi connectivity index (χ2v) is 6.28. The highest BCUT2D eigenvalue weighted by molar-refractivity contribution is 5.77. The Hall–Kier alpha value is -1.51. The van der Waals surface area contributed by atoms with Gasteiger partial charge in [-0.2, -0.15) is 0 Å². The van der Waals surface area contributed by atoms with Gasteiger partial charge in [-0.15, -0.1) is 0 Å². The molecule has 0 aliphatic heterocycles. The van der Waals surface area contributed by atoms with Crippen LogP contribution in [-0.2, 0) is 14.9 Å². The number of hydrogen-bond donors (Lipinski definition) is 0. The molecule has 1 aromatic carbocycles. The fraction of sp³-hybridized carbons (Fsp3) is 0.588. The fourth-order valence-electron chi connectivity index (χ4n) is 4.09. The van der Waals surface area contributed by atoms with Crippen molar-refractivity contribution in [2.45, 2.75) is 43.9 Å². The molecule has 0 amide bonds. The summed E-state index contributed by atoms with van der Waals surface area (Å²) in [6, 6.07) is 8.43. The third kappa shape index (κ3) is 1.91. The maximum Gasteiger partial charge on any atom is 0.311 e. The first-order valence-corrected chi connectivity index (χ1v) is 7.37. The zero-order valence-corrected chi connectivity index (χ0v) is 12.3. The molecule has 3 saturated carbocycles. The lowest BCUT2D eigenvalue weighted by Gasteiger charge is -2.52. The van der Waals surface area contributed by atoms with Crippen molar-refractivity contribution in [3.05, 3.63) is 29.8 Å². The van der Waals surface area contributed by atoms with Gasteiger partial charge in [0.1, 0.15) is 5.75 Å². The highest BCUT2D eigenvalue weighted by Gasteiger charge is 2.53. The van der Waals surface area contributed by atoms with Crippen LogP contribution >= 0.6 is 0 Å². The van der Waals surface area contributed by atoms with Crippen molar-refractivity contribution in [1.29, 1.82) is 0 Å². The summed E-state index contributed by atoms with van der Waals surface area (Å²) in [5, 5.41) is 0. The second-order valence-electron chi connectivity index (χ2n) is 6.28. The Kier molecular flexibility index (Phi) is 3.23. The Morgan fingerprint density at radius 3 is 2.25 bits per heavy atom. The minimum atomic E-state index is -0.199. The summed E-state index contributed by atoms with van der Waals surface area (Å²) in [4.78, 5) is 12.0. The van der Waals surface area contributed by atoms with Crippen LogP contribution in [0.5, 0.6) is 5.75 Å². The van der Waals surface area contributed by atoms with E-state index in [0.717, 1.165) is 44.3 Å². The van der Waals surface area contributed by atoms with Crippen LogP contribution in [0.15, 0.2) is 24.3 Å². The molecule has 20 heavy (non-hydrogen) atoms. The Bertz CT molecular complexity index is 496. The summed E-state index contributed by atoms with van der Waals surface area (Å²) in [7, 11) is 3.22. The lowest BCUT2D eigenvalue weighted by atomic mass is 9.52. The van der Waals surface area contributed by atoms with Crippen LogP contribution < -0.4 is 4.74 Å². The van der Waals surface area contributed by atoms with Gasteiger partial charge in [0.05, 0.1) is 19.6 Å². The molecule has 0 radical (unpaired) electrons. The van der Waals surface area contributed by atoms with E-state index in [9.17, 15) is 4.79 Å². The van der Waals surface area contributed by atoms with E-state index in [1.165, 1.54) is 12.7 Å². The van der Waals surface area contributed by atoms with Gasteiger partial charge in [0.25, 0.3) is 0 Å². The molecule has 0 atom stereocenters. The quantitative estimate of drug-likeness (QED) is 0.792. The van der Waals surface area contributed by atoms with Gasteiger partial charge in [0.15, 0.2) is 0 Å². The van der Waals surface area contributed by atoms with E-state index in [0.29, 0.717) is 0 Å². The molecule has 3 aliphatic rings. The average Bonchev–Trinajstić information content (AvgIpc) is 2.55. The number of benzene rings is 1. The van der Waals surface area contributed by atoms with E-state index < -0.39 is 0 Å². The van der Waals surface area contributed by atoms with Gasteiger partial charge in [-0.1, -0.05) is 12.1 Å². The number of esters is 1. The zero-order valence-electron chi connectivity index (χ0n) is 12.3. The molecule has 3 aliphatic carbocycles. The molecule has 2 bridgehead atoms. The average molecular weight is 274 g/mol. The summed E-state index contributed by atoms with van der Waals surface area (Å²) in [5.74, 6) is 0.920. The van der Waals surface area contributed by atoms with Gasteiger partial charge >= 0.3 is 5.97 Å². The van der Waals surface area contributed by atoms with Gasteiger partial charge in [-0.25, -0.2) is 0 Å².